The van der Waals surface area contributed by atoms with Gasteiger partial charge in [-0.25, -0.2) is 9.59 Å². The zero-order valence-electron chi connectivity index (χ0n) is 14.3. The van der Waals surface area contributed by atoms with Crippen LogP contribution in [-0.2, 0) is 14.2 Å². The van der Waals surface area contributed by atoms with Crippen LogP contribution in [0.2, 0.25) is 0 Å². The highest BCUT2D eigenvalue weighted by Gasteiger charge is 2.38. The Hall–Kier alpha value is -2.70. The zero-order valence-corrected chi connectivity index (χ0v) is 13.3. The van der Waals surface area contributed by atoms with Gasteiger partial charge in [-0.3, -0.25) is 0 Å². The van der Waals surface area contributed by atoms with E-state index in [2.05, 4.69) is 0 Å². The summed E-state index contributed by atoms with van der Waals surface area (Å²) in [5.41, 5.74) is 0.706. The van der Waals surface area contributed by atoms with E-state index in [0.29, 0.717) is 11.1 Å². The molecule has 130 valence electrons. The van der Waals surface area contributed by atoms with E-state index in [0.717, 1.165) is 0 Å². The van der Waals surface area contributed by atoms with Crippen molar-refractivity contribution >= 4 is 11.9 Å². The third-order valence-electron chi connectivity index (χ3n) is 3.73. The van der Waals surface area contributed by atoms with Crippen molar-refractivity contribution in [3.05, 3.63) is 71.8 Å². The second kappa shape index (κ2) is 7.92. The smallest absolute Gasteiger partial charge is 0.338 e. The molecule has 1 unspecified atom stereocenters. The van der Waals surface area contributed by atoms with Crippen molar-refractivity contribution in [2.24, 2.45) is 0 Å². The molecule has 1 saturated heterocycles. The molecule has 1 heterocycles. The van der Waals surface area contributed by atoms with Crippen molar-refractivity contribution in [3.8, 4) is 0 Å². The monoisotopic (exact) mass is 343 g/mol. The Bertz CT molecular complexity index is 762. The first-order valence-corrected chi connectivity index (χ1v) is 7.83. The number of hydrogen-bond acceptors (Lipinski definition) is 6. The van der Waals surface area contributed by atoms with Crippen LogP contribution in [0.5, 0.6) is 0 Å². The normalized spacial score (nSPS) is 25.9. The molecule has 3 atom stereocenters. The Balaban J connectivity index is 1.63. The minimum absolute atomic E-state index is 0.237. The van der Waals surface area contributed by atoms with Crippen molar-refractivity contribution < 1.29 is 30.3 Å². The van der Waals surface area contributed by atoms with Crippen molar-refractivity contribution in [2.75, 3.05) is 6.61 Å². The SMILES string of the molecule is [2H]C1(O)C[C@H](OC(=O)c2ccccc2)[C@@H](COC(=O)c2ccccc2)O1. The second-order valence-corrected chi connectivity index (χ2v) is 5.53. The molecule has 0 saturated carbocycles. The molecule has 0 spiro atoms. The molecule has 0 bridgehead atoms. The van der Waals surface area contributed by atoms with Gasteiger partial charge in [0.25, 0.3) is 0 Å². The summed E-state index contributed by atoms with van der Waals surface area (Å²) in [6, 6.07) is 16.7. The van der Waals surface area contributed by atoms with Gasteiger partial charge in [-0.05, 0) is 24.3 Å². The number of ether oxygens (including phenoxy) is 3. The standard InChI is InChI=1S/C19H18O6/c20-17-11-15(25-19(22)14-9-5-2-6-10-14)16(24-17)12-23-18(21)13-7-3-1-4-8-13/h1-10,15-17,20H,11-12H2/t15-,16+,17?/m0/s1/i17D. The topological polar surface area (TPSA) is 82.1 Å². The number of carbonyl (C=O) groups excluding carboxylic acids is 2. The second-order valence-electron chi connectivity index (χ2n) is 5.53. The fraction of sp³-hybridized carbons (Fsp3) is 0.263. The zero-order chi connectivity index (χ0) is 18.6. The van der Waals surface area contributed by atoms with Gasteiger partial charge in [-0.2, -0.15) is 0 Å². The van der Waals surface area contributed by atoms with Gasteiger partial charge in [0.05, 0.1) is 12.5 Å². The molecule has 25 heavy (non-hydrogen) atoms. The molecule has 1 fully saturated rings. The summed E-state index contributed by atoms with van der Waals surface area (Å²) in [5, 5.41) is 9.81. The number of aliphatic hydroxyl groups is 1. The van der Waals surface area contributed by atoms with Crippen LogP contribution in [0.15, 0.2) is 60.7 Å². The highest BCUT2D eigenvalue weighted by atomic mass is 16.7. The van der Waals surface area contributed by atoms with Gasteiger partial charge in [-0.15, -0.1) is 0 Å². The lowest BCUT2D eigenvalue weighted by Crippen LogP contribution is -2.32. The molecule has 2 aromatic carbocycles. The maximum Gasteiger partial charge on any atom is 0.338 e. The van der Waals surface area contributed by atoms with Crippen LogP contribution < -0.4 is 0 Å². The maximum atomic E-state index is 12.2. The Morgan fingerprint density at radius 1 is 1.04 bits per heavy atom. The van der Waals surface area contributed by atoms with E-state index in [4.69, 9.17) is 15.6 Å². The first-order chi connectivity index (χ1) is 12.4. The fourth-order valence-corrected chi connectivity index (χ4v) is 2.46. The summed E-state index contributed by atoms with van der Waals surface area (Å²) in [6.45, 7) is -0.248. The summed E-state index contributed by atoms with van der Waals surface area (Å²) in [7, 11) is 0. The lowest BCUT2D eigenvalue weighted by atomic mass is 10.1. The average Bonchev–Trinajstić information content (AvgIpc) is 2.94. The van der Waals surface area contributed by atoms with Crippen molar-refractivity contribution in [1.29, 1.82) is 0 Å². The van der Waals surface area contributed by atoms with Gasteiger partial charge < -0.3 is 19.3 Å². The van der Waals surface area contributed by atoms with Gasteiger partial charge in [0, 0.05) is 6.42 Å². The molecule has 0 amide bonds. The summed E-state index contributed by atoms with van der Waals surface area (Å²) in [4.78, 5) is 24.2. The van der Waals surface area contributed by atoms with Crippen molar-refractivity contribution in [3.63, 3.8) is 0 Å². The Morgan fingerprint density at radius 2 is 1.60 bits per heavy atom. The third-order valence-corrected chi connectivity index (χ3v) is 3.73. The number of rotatable bonds is 5. The van der Waals surface area contributed by atoms with Crippen molar-refractivity contribution in [1.82, 2.24) is 0 Å². The summed E-state index contributed by atoms with van der Waals surface area (Å²) in [6.07, 6.45) is -4.28. The van der Waals surface area contributed by atoms with Crippen LogP contribution in [0.25, 0.3) is 0 Å². The molecule has 6 nitrogen and oxygen atoms in total. The van der Waals surface area contributed by atoms with E-state index in [1.54, 1.807) is 60.7 Å². The summed E-state index contributed by atoms with van der Waals surface area (Å²) in [5.74, 6) is -1.17. The third kappa shape index (κ3) is 4.43. The van der Waals surface area contributed by atoms with E-state index < -0.39 is 30.4 Å². The number of carbonyl (C=O) groups is 2. The van der Waals surface area contributed by atoms with Crippen LogP contribution in [0.3, 0.4) is 0 Å². The number of benzene rings is 2. The van der Waals surface area contributed by atoms with Gasteiger partial charge in [0.2, 0.25) is 0 Å². The molecule has 2 aromatic rings. The quantitative estimate of drug-likeness (QED) is 0.838. The first kappa shape index (κ1) is 15.8. The lowest BCUT2D eigenvalue weighted by molar-refractivity contribution is -0.110. The summed E-state index contributed by atoms with van der Waals surface area (Å²) < 4.78 is 23.3. The average molecular weight is 343 g/mol. The van der Waals surface area contributed by atoms with Gasteiger partial charge >= 0.3 is 11.9 Å². The molecular formula is C19H18O6. The van der Waals surface area contributed by atoms with E-state index in [1.165, 1.54) is 0 Å². The molecule has 0 radical (unpaired) electrons. The molecule has 1 aliphatic heterocycles. The summed E-state index contributed by atoms with van der Waals surface area (Å²) >= 11 is 0. The minimum Gasteiger partial charge on any atom is -0.459 e. The molecular weight excluding hydrogens is 324 g/mol. The Kier molecular flexibility index (Phi) is 5.00. The highest BCUT2D eigenvalue weighted by Crippen LogP contribution is 2.23. The van der Waals surface area contributed by atoms with E-state index in [1.807, 2.05) is 0 Å². The Labute approximate surface area is 146 Å². The molecule has 6 heteroatoms. The van der Waals surface area contributed by atoms with E-state index in [9.17, 15) is 14.7 Å². The van der Waals surface area contributed by atoms with Gasteiger partial charge in [0.15, 0.2) is 6.27 Å². The molecule has 3 rings (SSSR count). The number of esters is 2. The van der Waals surface area contributed by atoms with Crippen LogP contribution >= 0.6 is 0 Å². The molecule has 1 N–H and O–H groups in total. The van der Waals surface area contributed by atoms with Gasteiger partial charge in [-0.1, -0.05) is 36.4 Å². The first-order valence-electron chi connectivity index (χ1n) is 8.33. The predicted octanol–water partition coefficient (Wildman–Crippen LogP) is 2.18. The molecule has 0 aliphatic carbocycles. The van der Waals surface area contributed by atoms with E-state index >= 15 is 0 Å². The molecule has 1 aliphatic rings. The Morgan fingerprint density at radius 3 is 2.20 bits per heavy atom. The van der Waals surface area contributed by atoms with Crippen LogP contribution in [0.4, 0.5) is 0 Å². The van der Waals surface area contributed by atoms with Crippen molar-refractivity contribution in [2.45, 2.75) is 24.9 Å². The largest absolute Gasteiger partial charge is 0.459 e. The fourth-order valence-electron chi connectivity index (χ4n) is 2.46. The lowest BCUT2D eigenvalue weighted by Gasteiger charge is -2.18. The maximum absolute atomic E-state index is 12.2. The highest BCUT2D eigenvalue weighted by molar-refractivity contribution is 5.90. The van der Waals surface area contributed by atoms with Crippen LogP contribution in [-0.4, -0.2) is 42.1 Å². The van der Waals surface area contributed by atoms with E-state index in [-0.39, 0.29) is 13.0 Å². The van der Waals surface area contributed by atoms with Crippen LogP contribution in [0, 0.1) is 0 Å². The predicted molar refractivity (Wildman–Crippen MR) is 87.9 cm³/mol. The minimum atomic E-state index is -2.20. The molecule has 0 aromatic heterocycles. The number of hydrogen-bond donors (Lipinski definition) is 1. The van der Waals surface area contributed by atoms with Gasteiger partial charge in [0.1, 0.15) is 18.8 Å². The van der Waals surface area contributed by atoms with Crippen LogP contribution in [0.1, 0.15) is 28.5 Å².